The topological polar surface area (TPSA) is 39.1 Å². The number of hydrogen-bond donors (Lipinski definition) is 1. The lowest BCUT2D eigenvalue weighted by atomic mass is 9.94. The maximum atomic E-state index is 5.57. The molecule has 0 bridgehead atoms. The predicted molar refractivity (Wildman–Crippen MR) is 77.9 cm³/mol. The Kier molecular flexibility index (Phi) is 5.37. The van der Waals surface area contributed by atoms with Gasteiger partial charge in [-0.05, 0) is 43.2 Å². The van der Waals surface area contributed by atoms with Crippen LogP contribution in [0.15, 0.2) is 4.47 Å². The maximum Gasteiger partial charge on any atom is 0.0778 e. The number of aromatic nitrogens is 2. The number of hydrogen-bond acceptors (Lipinski definition) is 3. The first-order chi connectivity index (χ1) is 8.37. The van der Waals surface area contributed by atoms with E-state index in [4.69, 9.17) is 4.74 Å². The average molecular weight is 318 g/mol. The van der Waals surface area contributed by atoms with E-state index in [9.17, 15) is 0 Å². The highest BCUT2D eigenvalue weighted by atomic mass is 79.9. The van der Waals surface area contributed by atoms with Gasteiger partial charge in [-0.3, -0.25) is 4.68 Å². The summed E-state index contributed by atoms with van der Waals surface area (Å²) in [4.78, 5) is 0. The van der Waals surface area contributed by atoms with Crippen LogP contribution in [0.5, 0.6) is 0 Å². The molecule has 0 radical (unpaired) electrons. The number of nitrogens with one attached hydrogen (secondary N) is 1. The molecule has 1 rings (SSSR count). The molecular formula is C13H24BrN3O. The van der Waals surface area contributed by atoms with E-state index in [1.54, 1.807) is 7.11 Å². The lowest BCUT2D eigenvalue weighted by Crippen LogP contribution is -2.48. The highest BCUT2D eigenvalue weighted by molar-refractivity contribution is 9.10. The van der Waals surface area contributed by atoms with Crippen molar-refractivity contribution in [1.29, 1.82) is 0 Å². The van der Waals surface area contributed by atoms with Crippen molar-refractivity contribution < 1.29 is 4.74 Å². The van der Waals surface area contributed by atoms with E-state index in [1.807, 2.05) is 18.8 Å². The van der Waals surface area contributed by atoms with E-state index < -0.39 is 0 Å². The van der Waals surface area contributed by atoms with Gasteiger partial charge in [-0.25, -0.2) is 0 Å². The van der Waals surface area contributed by atoms with Crippen molar-refractivity contribution in [3.63, 3.8) is 0 Å². The first kappa shape index (κ1) is 15.7. The Labute approximate surface area is 118 Å². The Morgan fingerprint density at radius 2 is 2.11 bits per heavy atom. The van der Waals surface area contributed by atoms with E-state index >= 15 is 0 Å². The van der Waals surface area contributed by atoms with Crippen LogP contribution in [-0.4, -0.2) is 35.6 Å². The van der Waals surface area contributed by atoms with Gasteiger partial charge in [-0.15, -0.1) is 0 Å². The summed E-state index contributed by atoms with van der Waals surface area (Å²) in [6.07, 6.45) is 1.81. The summed E-state index contributed by atoms with van der Waals surface area (Å²) in [5.41, 5.74) is 2.10. The number of likely N-dealkylation sites (N-methyl/N-ethyl adjacent to an activating group) is 1. The van der Waals surface area contributed by atoms with Crippen molar-refractivity contribution in [1.82, 2.24) is 15.1 Å². The minimum Gasteiger partial charge on any atom is -0.377 e. The van der Waals surface area contributed by atoms with E-state index in [1.165, 1.54) is 5.69 Å². The normalized spacial score (nSPS) is 13.9. The molecule has 0 aromatic carbocycles. The largest absolute Gasteiger partial charge is 0.377 e. The molecule has 0 fully saturated rings. The molecule has 0 aliphatic carbocycles. The zero-order valence-corrected chi connectivity index (χ0v) is 13.8. The zero-order chi connectivity index (χ0) is 13.9. The SMILES string of the molecule is CCc1nn(C)c(CC(NC)C(C)(C)OC)c1Br. The lowest BCUT2D eigenvalue weighted by molar-refractivity contribution is -0.00845. The van der Waals surface area contributed by atoms with Crippen LogP contribution in [0.1, 0.15) is 32.2 Å². The molecule has 1 N–H and O–H groups in total. The van der Waals surface area contributed by atoms with Gasteiger partial charge in [-0.1, -0.05) is 6.92 Å². The summed E-state index contributed by atoms with van der Waals surface area (Å²) >= 11 is 3.66. The van der Waals surface area contributed by atoms with Gasteiger partial charge in [0.1, 0.15) is 0 Å². The Morgan fingerprint density at radius 1 is 1.50 bits per heavy atom. The molecule has 0 saturated carbocycles. The highest BCUT2D eigenvalue weighted by Crippen LogP contribution is 2.25. The third kappa shape index (κ3) is 3.13. The Bertz CT molecular complexity index is 401. The molecule has 0 spiro atoms. The number of aryl methyl sites for hydroxylation is 2. The molecule has 0 saturated heterocycles. The fourth-order valence-electron chi connectivity index (χ4n) is 2.07. The standard InChI is InChI=1S/C13H24BrN3O/c1-7-9-12(14)10(17(5)16-9)8-11(15-4)13(2,3)18-6/h11,15H,7-8H2,1-6H3. The summed E-state index contributed by atoms with van der Waals surface area (Å²) in [6, 6.07) is 0.235. The second-order valence-electron chi connectivity index (χ2n) is 5.04. The maximum absolute atomic E-state index is 5.57. The monoisotopic (exact) mass is 317 g/mol. The van der Waals surface area contributed by atoms with Gasteiger partial charge in [0.25, 0.3) is 0 Å². The van der Waals surface area contributed by atoms with Crippen LogP contribution in [0.3, 0.4) is 0 Å². The van der Waals surface area contributed by atoms with Crippen molar-refractivity contribution in [3.05, 3.63) is 15.9 Å². The quantitative estimate of drug-likeness (QED) is 0.875. The molecule has 18 heavy (non-hydrogen) atoms. The number of nitrogens with zero attached hydrogens (tertiary/aromatic N) is 2. The van der Waals surface area contributed by atoms with Gasteiger partial charge in [0, 0.05) is 26.6 Å². The van der Waals surface area contributed by atoms with E-state index in [2.05, 4.69) is 47.1 Å². The van der Waals surface area contributed by atoms with Gasteiger partial charge >= 0.3 is 0 Å². The Morgan fingerprint density at radius 3 is 2.50 bits per heavy atom. The molecule has 0 aliphatic rings. The third-order valence-electron chi connectivity index (χ3n) is 3.61. The van der Waals surface area contributed by atoms with Crippen molar-refractivity contribution in [3.8, 4) is 0 Å². The molecule has 0 aliphatic heterocycles. The molecule has 0 amide bonds. The highest BCUT2D eigenvalue weighted by Gasteiger charge is 2.30. The van der Waals surface area contributed by atoms with Gasteiger partial charge in [-0.2, -0.15) is 5.10 Å². The fourth-order valence-corrected chi connectivity index (χ4v) is 2.85. The minimum atomic E-state index is -0.217. The van der Waals surface area contributed by atoms with Gasteiger partial charge in [0.05, 0.1) is 21.5 Å². The number of halogens is 1. The average Bonchev–Trinajstić information content (AvgIpc) is 2.61. The smallest absolute Gasteiger partial charge is 0.0778 e. The molecule has 5 heteroatoms. The Hall–Kier alpha value is -0.390. The molecule has 1 unspecified atom stereocenters. The van der Waals surface area contributed by atoms with E-state index in [0.29, 0.717) is 0 Å². The number of methoxy groups -OCH3 is 1. The molecule has 1 heterocycles. The minimum absolute atomic E-state index is 0.217. The third-order valence-corrected chi connectivity index (χ3v) is 4.53. The second kappa shape index (κ2) is 6.17. The van der Waals surface area contributed by atoms with Crippen LogP contribution >= 0.6 is 15.9 Å². The summed E-state index contributed by atoms with van der Waals surface area (Å²) in [5, 5.41) is 7.86. The molecule has 1 aromatic heterocycles. The lowest BCUT2D eigenvalue weighted by Gasteiger charge is -2.33. The van der Waals surface area contributed by atoms with Crippen LogP contribution in [0.25, 0.3) is 0 Å². The van der Waals surface area contributed by atoms with E-state index in [-0.39, 0.29) is 11.6 Å². The van der Waals surface area contributed by atoms with Crippen LogP contribution < -0.4 is 5.32 Å². The zero-order valence-electron chi connectivity index (χ0n) is 12.2. The van der Waals surface area contributed by atoms with Crippen LogP contribution in [0.2, 0.25) is 0 Å². The summed E-state index contributed by atoms with van der Waals surface area (Å²) in [5.74, 6) is 0. The molecule has 1 aromatic rings. The first-order valence-corrected chi connectivity index (χ1v) is 7.09. The van der Waals surface area contributed by atoms with Gasteiger partial charge < -0.3 is 10.1 Å². The van der Waals surface area contributed by atoms with Crippen molar-refractivity contribution in [2.45, 2.75) is 45.3 Å². The molecule has 1 atom stereocenters. The fraction of sp³-hybridized carbons (Fsp3) is 0.769. The Balaban J connectivity index is 2.99. The molecule has 104 valence electrons. The van der Waals surface area contributed by atoms with Crippen molar-refractivity contribution in [2.75, 3.05) is 14.2 Å². The molecule has 4 nitrogen and oxygen atoms in total. The number of ether oxygens (including phenoxy) is 1. The van der Waals surface area contributed by atoms with Gasteiger partial charge in [0.2, 0.25) is 0 Å². The van der Waals surface area contributed by atoms with Gasteiger partial charge in [0.15, 0.2) is 0 Å². The van der Waals surface area contributed by atoms with E-state index in [0.717, 1.165) is 23.0 Å². The van der Waals surface area contributed by atoms with Crippen LogP contribution in [0, 0.1) is 0 Å². The summed E-state index contributed by atoms with van der Waals surface area (Å²) in [6.45, 7) is 6.31. The first-order valence-electron chi connectivity index (χ1n) is 6.30. The number of rotatable bonds is 6. The van der Waals surface area contributed by atoms with Crippen molar-refractivity contribution in [2.24, 2.45) is 7.05 Å². The van der Waals surface area contributed by atoms with Crippen molar-refractivity contribution >= 4 is 15.9 Å². The summed E-state index contributed by atoms with van der Waals surface area (Å²) in [7, 11) is 5.71. The summed E-state index contributed by atoms with van der Waals surface area (Å²) < 4.78 is 8.65. The molecular weight excluding hydrogens is 294 g/mol. The van der Waals surface area contributed by atoms with Crippen LogP contribution in [-0.2, 0) is 24.6 Å². The van der Waals surface area contributed by atoms with Crippen LogP contribution in [0.4, 0.5) is 0 Å². The predicted octanol–water partition coefficient (Wildman–Crippen LogP) is 2.30. The second-order valence-corrected chi connectivity index (χ2v) is 5.83.